The van der Waals surface area contributed by atoms with Crippen LogP contribution < -0.4 is 4.90 Å². The van der Waals surface area contributed by atoms with Gasteiger partial charge in [0.1, 0.15) is 5.82 Å². The largest absolute Gasteiger partial charge is 0.329 e. The lowest BCUT2D eigenvalue weighted by Crippen LogP contribution is -2.12. The molecule has 1 heterocycles. The minimum absolute atomic E-state index is 0.946. The van der Waals surface area contributed by atoms with E-state index in [2.05, 4.69) is 57.9 Å². The number of aryl methyl sites for hydroxylation is 2. The first-order valence-corrected chi connectivity index (χ1v) is 6.30. The molecule has 0 spiro atoms. The molecule has 0 aliphatic heterocycles. The van der Waals surface area contributed by atoms with E-state index in [9.17, 15) is 0 Å². The molecule has 0 radical (unpaired) electrons. The maximum Gasteiger partial charge on any atom is 0.132 e. The van der Waals surface area contributed by atoms with Gasteiger partial charge < -0.3 is 4.90 Å². The van der Waals surface area contributed by atoms with Gasteiger partial charge in [-0.05, 0) is 59.1 Å². The molecule has 0 saturated heterocycles. The summed E-state index contributed by atoms with van der Waals surface area (Å²) < 4.78 is 0.996. The van der Waals surface area contributed by atoms with Crippen LogP contribution in [0.4, 0.5) is 11.5 Å². The molecule has 0 N–H and O–H groups in total. The molecule has 0 saturated carbocycles. The number of hydrogen-bond donors (Lipinski definition) is 0. The number of benzene rings is 1. The molecule has 0 aliphatic rings. The first-order valence-electron chi connectivity index (χ1n) is 5.50. The molecule has 1 aromatic carbocycles. The quantitative estimate of drug-likeness (QED) is 0.823. The first-order chi connectivity index (χ1) is 8.08. The average Bonchev–Trinajstić information content (AvgIpc) is 2.32. The lowest BCUT2D eigenvalue weighted by molar-refractivity contribution is 1.11. The van der Waals surface area contributed by atoms with Crippen molar-refractivity contribution in [2.45, 2.75) is 13.8 Å². The number of rotatable bonds is 2. The van der Waals surface area contributed by atoms with Gasteiger partial charge in [0.25, 0.3) is 0 Å². The van der Waals surface area contributed by atoms with Gasteiger partial charge in [-0.25, -0.2) is 4.98 Å². The zero-order valence-electron chi connectivity index (χ0n) is 10.2. The van der Waals surface area contributed by atoms with Crippen LogP contribution in [-0.4, -0.2) is 12.0 Å². The van der Waals surface area contributed by atoms with Crippen molar-refractivity contribution < 1.29 is 0 Å². The highest BCUT2D eigenvalue weighted by molar-refractivity contribution is 9.10. The molecule has 0 fully saturated rings. The zero-order valence-corrected chi connectivity index (χ0v) is 11.8. The summed E-state index contributed by atoms with van der Waals surface area (Å²) in [6.45, 7) is 4.22. The molecule has 17 heavy (non-hydrogen) atoms. The highest BCUT2D eigenvalue weighted by Gasteiger charge is 2.08. The third-order valence-electron chi connectivity index (χ3n) is 2.78. The van der Waals surface area contributed by atoms with Gasteiger partial charge in [-0.15, -0.1) is 0 Å². The van der Waals surface area contributed by atoms with E-state index in [4.69, 9.17) is 0 Å². The third kappa shape index (κ3) is 2.67. The molecule has 2 rings (SSSR count). The highest BCUT2D eigenvalue weighted by Crippen LogP contribution is 2.26. The van der Waals surface area contributed by atoms with E-state index in [0.29, 0.717) is 0 Å². The Bertz CT molecular complexity index is 520. The Kier molecular flexibility index (Phi) is 3.48. The molecule has 88 valence electrons. The molecule has 2 nitrogen and oxygen atoms in total. The summed E-state index contributed by atoms with van der Waals surface area (Å²) in [6, 6.07) is 10.5. The summed E-state index contributed by atoms with van der Waals surface area (Å²) in [7, 11) is 2.04. The van der Waals surface area contributed by atoms with Crippen LogP contribution in [-0.2, 0) is 0 Å². The Morgan fingerprint density at radius 2 is 1.88 bits per heavy atom. The summed E-state index contributed by atoms with van der Waals surface area (Å²) in [5.41, 5.74) is 3.71. The van der Waals surface area contributed by atoms with Gasteiger partial charge in [0, 0.05) is 23.4 Å². The predicted molar refractivity (Wildman–Crippen MR) is 75.9 cm³/mol. The molecule has 1 aromatic heterocycles. The monoisotopic (exact) mass is 290 g/mol. The summed E-state index contributed by atoms with van der Waals surface area (Å²) in [6.07, 6.45) is 1.82. The van der Waals surface area contributed by atoms with Gasteiger partial charge in [0.15, 0.2) is 0 Å². The van der Waals surface area contributed by atoms with Gasteiger partial charge in [-0.2, -0.15) is 0 Å². The average molecular weight is 291 g/mol. The Hall–Kier alpha value is -1.35. The standard InChI is InChI=1S/C14H15BrN2/c1-10-4-5-11(2)13(8-10)17(3)14-7-6-12(15)9-16-14/h4-9H,1-3H3. The first kappa shape index (κ1) is 12.1. The maximum atomic E-state index is 4.40. The van der Waals surface area contributed by atoms with Crippen LogP contribution in [0.5, 0.6) is 0 Å². The van der Waals surface area contributed by atoms with E-state index < -0.39 is 0 Å². The fourth-order valence-corrected chi connectivity index (χ4v) is 2.01. The van der Waals surface area contributed by atoms with Crippen molar-refractivity contribution in [2.75, 3.05) is 11.9 Å². The second-order valence-corrected chi connectivity index (χ2v) is 5.10. The van der Waals surface area contributed by atoms with Gasteiger partial charge in [-0.3, -0.25) is 0 Å². The van der Waals surface area contributed by atoms with Crippen LogP contribution in [0.15, 0.2) is 41.0 Å². The topological polar surface area (TPSA) is 16.1 Å². The molecule has 0 aliphatic carbocycles. The SMILES string of the molecule is Cc1ccc(C)c(N(C)c2ccc(Br)cn2)c1. The Balaban J connectivity index is 2.39. The molecule has 0 bridgehead atoms. The van der Waals surface area contributed by atoms with Crippen LogP contribution in [0.2, 0.25) is 0 Å². The summed E-state index contributed by atoms with van der Waals surface area (Å²) in [5, 5.41) is 0. The summed E-state index contributed by atoms with van der Waals surface area (Å²) in [5.74, 6) is 0.946. The second kappa shape index (κ2) is 4.88. The van der Waals surface area contributed by atoms with E-state index in [1.54, 1.807) is 0 Å². The smallest absolute Gasteiger partial charge is 0.132 e. The van der Waals surface area contributed by atoms with Crippen molar-refractivity contribution >= 4 is 27.4 Å². The van der Waals surface area contributed by atoms with E-state index >= 15 is 0 Å². The number of anilines is 2. The van der Waals surface area contributed by atoms with Crippen LogP contribution in [0, 0.1) is 13.8 Å². The van der Waals surface area contributed by atoms with Crippen molar-refractivity contribution in [1.82, 2.24) is 4.98 Å². The molecular formula is C14H15BrN2. The number of aromatic nitrogens is 1. The fraction of sp³-hybridized carbons (Fsp3) is 0.214. The van der Waals surface area contributed by atoms with Crippen molar-refractivity contribution in [3.05, 3.63) is 52.1 Å². The van der Waals surface area contributed by atoms with Gasteiger partial charge >= 0.3 is 0 Å². The number of nitrogens with zero attached hydrogens (tertiary/aromatic N) is 2. The lowest BCUT2D eigenvalue weighted by Gasteiger charge is -2.21. The Morgan fingerprint density at radius 3 is 2.53 bits per heavy atom. The van der Waals surface area contributed by atoms with Crippen LogP contribution >= 0.6 is 15.9 Å². The molecule has 0 atom stereocenters. The maximum absolute atomic E-state index is 4.40. The zero-order chi connectivity index (χ0) is 12.4. The van der Waals surface area contributed by atoms with Crippen LogP contribution in [0.1, 0.15) is 11.1 Å². The second-order valence-electron chi connectivity index (χ2n) is 4.18. The summed E-state index contributed by atoms with van der Waals surface area (Å²) >= 11 is 3.40. The molecule has 3 heteroatoms. The number of pyridine rings is 1. The van der Waals surface area contributed by atoms with Gasteiger partial charge in [-0.1, -0.05) is 12.1 Å². The van der Waals surface area contributed by atoms with Crippen molar-refractivity contribution in [1.29, 1.82) is 0 Å². The van der Waals surface area contributed by atoms with E-state index in [1.165, 1.54) is 16.8 Å². The normalized spacial score (nSPS) is 10.4. The molecule has 0 unspecified atom stereocenters. The Morgan fingerprint density at radius 1 is 1.12 bits per heavy atom. The van der Waals surface area contributed by atoms with Crippen molar-refractivity contribution in [3.8, 4) is 0 Å². The van der Waals surface area contributed by atoms with Crippen LogP contribution in [0.25, 0.3) is 0 Å². The summed E-state index contributed by atoms with van der Waals surface area (Å²) in [4.78, 5) is 6.51. The highest BCUT2D eigenvalue weighted by atomic mass is 79.9. The van der Waals surface area contributed by atoms with E-state index in [0.717, 1.165) is 10.3 Å². The van der Waals surface area contributed by atoms with Crippen molar-refractivity contribution in [2.24, 2.45) is 0 Å². The lowest BCUT2D eigenvalue weighted by atomic mass is 10.1. The number of halogens is 1. The van der Waals surface area contributed by atoms with Gasteiger partial charge in [0.2, 0.25) is 0 Å². The molecule has 2 aromatic rings. The molecule has 0 amide bonds. The van der Waals surface area contributed by atoms with Gasteiger partial charge in [0.05, 0.1) is 0 Å². The fourth-order valence-electron chi connectivity index (χ4n) is 1.77. The third-order valence-corrected chi connectivity index (χ3v) is 3.25. The number of hydrogen-bond acceptors (Lipinski definition) is 2. The Labute approximate surface area is 110 Å². The minimum atomic E-state index is 0.946. The molecular weight excluding hydrogens is 276 g/mol. The minimum Gasteiger partial charge on any atom is -0.329 e. The van der Waals surface area contributed by atoms with Crippen LogP contribution in [0.3, 0.4) is 0 Å². The van der Waals surface area contributed by atoms with Crippen molar-refractivity contribution in [3.63, 3.8) is 0 Å². The van der Waals surface area contributed by atoms with E-state index in [1.807, 2.05) is 25.4 Å². The predicted octanol–water partition coefficient (Wildman–Crippen LogP) is 4.23. The van der Waals surface area contributed by atoms with E-state index in [-0.39, 0.29) is 0 Å².